The first-order valence-electron chi connectivity index (χ1n) is 11.4. The fraction of sp³-hybridized carbons (Fsp3) is 0.320. The van der Waals surface area contributed by atoms with Gasteiger partial charge in [0.1, 0.15) is 0 Å². The number of halogens is 2. The molecule has 1 aromatic heterocycles. The summed E-state index contributed by atoms with van der Waals surface area (Å²) in [4.78, 5) is 26.8. The lowest BCUT2D eigenvalue weighted by Gasteiger charge is -2.32. The zero-order valence-electron chi connectivity index (χ0n) is 18.5. The molecule has 0 radical (unpaired) electrons. The number of carbonyl (C=O) groups excluding carboxylic acids is 2. The number of hydrogen-bond donors (Lipinski definition) is 2. The van der Waals surface area contributed by atoms with Gasteiger partial charge in [0.15, 0.2) is 0 Å². The topological polar surface area (TPSA) is 93.2 Å². The second-order valence-electron chi connectivity index (χ2n) is 8.89. The van der Waals surface area contributed by atoms with Gasteiger partial charge in [-0.3, -0.25) is 9.59 Å². The molecule has 3 N–H and O–H groups in total. The van der Waals surface area contributed by atoms with E-state index in [1.807, 2.05) is 30.3 Å². The highest BCUT2D eigenvalue weighted by atomic mass is 35.5. The molecule has 2 fully saturated rings. The second kappa shape index (κ2) is 9.31. The van der Waals surface area contributed by atoms with Crippen LogP contribution in [0.4, 0.5) is 11.4 Å². The van der Waals surface area contributed by atoms with Crippen LogP contribution < -0.4 is 16.0 Å². The zero-order valence-corrected chi connectivity index (χ0v) is 20.0. The number of primary amides is 1. The summed E-state index contributed by atoms with van der Waals surface area (Å²) < 4.78 is 1.75. The molecule has 9 heteroatoms. The molecule has 0 unspecified atom stereocenters. The number of hydrogen-bond acceptors (Lipinski definition) is 4. The highest BCUT2D eigenvalue weighted by molar-refractivity contribution is 6.35. The molecule has 1 saturated heterocycles. The highest BCUT2D eigenvalue weighted by Crippen LogP contribution is 2.43. The van der Waals surface area contributed by atoms with E-state index in [4.69, 9.17) is 28.9 Å². The molecular formula is C25H25Cl2N5O2. The third kappa shape index (κ3) is 4.63. The molecule has 176 valence electrons. The fourth-order valence-corrected chi connectivity index (χ4v) is 4.99. The Morgan fingerprint density at radius 3 is 2.32 bits per heavy atom. The van der Waals surface area contributed by atoms with Crippen LogP contribution in [0.2, 0.25) is 10.0 Å². The van der Waals surface area contributed by atoms with Crippen LogP contribution in [0.25, 0.3) is 5.69 Å². The van der Waals surface area contributed by atoms with Gasteiger partial charge in [0.2, 0.25) is 5.91 Å². The maximum absolute atomic E-state index is 13.2. The Morgan fingerprint density at radius 1 is 1.00 bits per heavy atom. The quantitative estimate of drug-likeness (QED) is 0.500. The van der Waals surface area contributed by atoms with Gasteiger partial charge in [-0.2, -0.15) is 5.10 Å². The predicted molar refractivity (Wildman–Crippen MR) is 134 cm³/mol. The molecule has 2 aromatic carbocycles. The van der Waals surface area contributed by atoms with E-state index >= 15 is 0 Å². The van der Waals surface area contributed by atoms with Gasteiger partial charge in [-0.05, 0) is 68.1 Å². The van der Waals surface area contributed by atoms with Crippen LogP contribution in [0.3, 0.4) is 0 Å². The van der Waals surface area contributed by atoms with Crippen molar-refractivity contribution < 1.29 is 9.59 Å². The summed E-state index contributed by atoms with van der Waals surface area (Å²) in [5.41, 5.74) is 9.32. The summed E-state index contributed by atoms with van der Waals surface area (Å²) in [5.74, 6) is -0.182. The smallest absolute Gasteiger partial charge is 0.259 e. The van der Waals surface area contributed by atoms with E-state index < -0.39 is 0 Å². The molecule has 2 aliphatic rings. The summed E-state index contributed by atoms with van der Waals surface area (Å²) in [7, 11) is 0. The number of nitrogens with one attached hydrogen (secondary N) is 1. The van der Waals surface area contributed by atoms with Crippen molar-refractivity contribution in [3.05, 3.63) is 70.0 Å². The van der Waals surface area contributed by atoms with E-state index in [-0.39, 0.29) is 23.7 Å². The van der Waals surface area contributed by atoms with Crippen molar-refractivity contribution in [2.24, 2.45) is 11.7 Å². The molecule has 7 nitrogen and oxygen atoms in total. The number of amides is 2. The monoisotopic (exact) mass is 497 g/mol. The van der Waals surface area contributed by atoms with Crippen LogP contribution in [-0.4, -0.2) is 34.7 Å². The third-order valence-electron chi connectivity index (χ3n) is 6.54. The number of anilines is 2. The van der Waals surface area contributed by atoms with Crippen LogP contribution >= 0.6 is 23.2 Å². The van der Waals surface area contributed by atoms with Gasteiger partial charge in [-0.25, -0.2) is 4.68 Å². The van der Waals surface area contributed by atoms with Gasteiger partial charge in [0, 0.05) is 41.3 Å². The first-order chi connectivity index (χ1) is 16.4. The minimum absolute atomic E-state index is 0.0425. The maximum Gasteiger partial charge on any atom is 0.259 e. The van der Waals surface area contributed by atoms with Crippen molar-refractivity contribution in [2.75, 3.05) is 23.3 Å². The molecule has 1 saturated carbocycles. The van der Waals surface area contributed by atoms with Gasteiger partial charge in [-0.15, -0.1) is 0 Å². The average molecular weight is 498 g/mol. The average Bonchev–Trinajstić information content (AvgIpc) is 3.57. The van der Waals surface area contributed by atoms with Gasteiger partial charge >= 0.3 is 0 Å². The van der Waals surface area contributed by atoms with Gasteiger partial charge < -0.3 is 16.0 Å². The standard InChI is InChI=1S/C25H25Cl2N5O2/c26-17-3-8-22(21(27)13-17)32-23(15-1-2-15)20(14-29-32)25(34)30-18-4-6-19(7-5-18)31-11-9-16(10-12-31)24(28)33/h3-8,13-16H,1-2,9-12H2,(H2,28,33)(H,30,34). The van der Waals surface area contributed by atoms with Crippen LogP contribution in [0.5, 0.6) is 0 Å². The van der Waals surface area contributed by atoms with E-state index in [0.29, 0.717) is 27.0 Å². The number of nitrogens with zero attached hydrogens (tertiary/aromatic N) is 3. The van der Waals surface area contributed by atoms with E-state index in [9.17, 15) is 9.59 Å². The molecule has 2 amide bonds. The van der Waals surface area contributed by atoms with Crippen LogP contribution in [-0.2, 0) is 4.79 Å². The summed E-state index contributed by atoms with van der Waals surface area (Å²) >= 11 is 12.5. The Kier molecular flexibility index (Phi) is 6.23. The molecule has 1 aliphatic heterocycles. The summed E-state index contributed by atoms with van der Waals surface area (Å²) in [6, 6.07) is 13.0. The second-order valence-corrected chi connectivity index (χ2v) is 9.73. The van der Waals surface area contributed by atoms with E-state index in [2.05, 4.69) is 15.3 Å². The Labute approximate surface area is 207 Å². The minimum atomic E-state index is -0.218. The Hall–Kier alpha value is -3.03. The lowest BCUT2D eigenvalue weighted by Crippen LogP contribution is -2.38. The molecule has 5 rings (SSSR count). The number of carbonyl (C=O) groups is 2. The molecule has 0 bridgehead atoms. The van der Waals surface area contributed by atoms with E-state index in [1.165, 1.54) is 0 Å². The normalized spacial score (nSPS) is 16.5. The minimum Gasteiger partial charge on any atom is -0.371 e. The molecule has 34 heavy (non-hydrogen) atoms. The SMILES string of the molecule is NC(=O)C1CCN(c2ccc(NC(=O)c3cnn(-c4ccc(Cl)cc4Cl)c3C3CC3)cc2)CC1. The number of benzene rings is 2. The van der Waals surface area contributed by atoms with Crippen molar-refractivity contribution in [2.45, 2.75) is 31.6 Å². The molecule has 3 aromatic rings. The number of nitrogens with two attached hydrogens (primary N) is 1. The maximum atomic E-state index is 13.2. The van der Waals surface area contributed by atoms with Crippen molar-refractivity contribution in [3.8, 4) is 5.69 Å². The Morgan fingerprint density at radius 2 is 1.71 bits per heavy atom. The first kappa shape index (κ1) is 22.7. The number of rotatable bonds is 6. The van der Waals surface area contributed by atoms with Crippen molar-refractivity contribution in [3.63, 3.8) is 0 Å². The first-order valence-corrected chi connectivity index (χ1v) is 12.2. The fourth-order valence-electron chi connectivity index (χ4n) is 4.50. The third-order valence-corrected chi connectivity index (χ3v) is 7.08. The molecule has 0 spiro atoms. The molecule has 0 atom stereocenters. The Bertz CT molecular complexity index is 1230. The van der Waals surface area contributed by atoms with Gasteiger partial charge in [-0.1, -0.05) is 23.2 Å². The van der Waals surface area contributed by atoms with Crippen molar-refractivity contribution in [1.29, 1.82) is 0 Å². The predicted octanol–water partition coefficient (Wildman–Crippen LogP) is 5.01. The van der Waals surface area contributed by atoms with E-state index in [1.54, 1.807) is 23.0 Å². The van der Waals surface area contributed by atoms with Crippen LogP contribution in [0.15, 0.2) is 48.7 Å². The molecule has 2 heterocycles. The van der Waals surface area contributed by atoms with Crippen LogP contribution in [0.1, 0.15) is 47.7 Å². The van der Waals surface area contributed by atoms with Crippen LogP contribution in [0, 0.1) is 5.92 Å². The van der Waals surface area contributed by atoms with Crippen molar-refractivity contribution >= 4 is 46.4 Å². The summed E-state index contributed by atoms with van der Waals surface area (Å²) in [6.07, 6.45) is 5.15. The summed E-state index contributed by atoms with van der Waals surface area (Å²) in [5, 5.41) is 8.51. The Balaban J connectivity index is 1.31. The molecule has 1 aliphatic carbocycles. The van der Waals surface area contributed by atoms with Gasteiger partial charge in [0.05, 0.1) is 28.2 Å². The molecular weight excluding hydrogens is 473 g/mol. The zero-order chi connectivity index (χ0) is 23.8. The summed E-state index contributed by atoms with van der Waals surface area (Å²) in [6.45, 7) is 1.58. The lowest BCUT2D eigenvalue weighted by atomic mass is 9.96. The number of piperidine rings is 1. The van der Waals surface area contributed by atoms with Gasteiger partial charge in [0.25, 0.3) is 5.91 Å². The largest absolute Gasteiger partial charge is 0.371 e. The highest BCUT2D eigenvalue weighted by Gasteiger charge is 2.33. The van der Waals surface area contributed by atoms with Crippen molar-refractivity contribution in [1.82, 2.24) is 9.78 Å². The lowest BCUT2D eigenvalue weighted by molar-refractivity contribution is -0.122. The van der Waals surface area contributed by atoms with E-state index in [0.717, 1.165) is 50.2 Å². The number of aromatic nitrogens is 2.